The third-order valence-electron chi connectivity index (χ3n) is 2.67. The van der Waals surface area contributed by atoms with E-state index in [2.05, 4.69) is 15.6 Å². The zero-order valence-electron chi connectivity index (χ0n) is 12.2. The Kier molecular flexibility index (Phi) is 5.51. The summed E-state index contributed by atoms with van der Waals surface area (Å²) >= 11 is 7.30. The maximum absolute atomic E-state index is 12.0. The SMILES string of the molecule is CC(C)NC(=O)CNC(=O)c1csc(-c2cccc(Cl)c2)n1. The van der Waals surface area contributed by atoms with Gasteiger partial charge in [0, 0.05) is 22.0 Å². The summed E-state index contributed by atoms with van der Waals surface area (Å²) in [6.07, 6.45) is 0. The van der Waals surface area contributed by atoms with Gasteiger partial charge in [-0.05, 0) is 26.0 Å². The highest BCUT2D eigenvalue weighted by Gasteiger charge is 2.13. The number of halogens is 1. The van der Waals surface area contributed by atoms with Crippen molar-refractivity contribution in [1.82, 2.24) is 15.6 Å². The molecule has 0 spiro atoms. The van der Waals surface area contributed by atoms with Crippen LogP contribution in [0.25, 0.3) is 10.6 Å². The van der Waals surface area contributed by atoms with Crippen LogP contribution in [-0.4, -0.2) is 29.4 Å². The van der Waals surface area contributed by atoms with Gasteiger partial charge in [0.05, 0.1) is 6.54 Å². The Morgan fingerprint density at radius 1 is 1.36 bits per heavy atom. The molecule has 0 saturated heterocycles. The summed E-state index contributed by atoms with van der Waals surface area (Å²) in [6, 6.07) is 7.31. The van der Waals surface area contributed by atoms with Crippen molar-refractivity contribution in [2.24, 2.45) is 0 Å². The van der Waals surface area contributed by atoms with Crippen molar-refractivity contribution in [3.8, 4) is 10.6 Å². The Balaban J connectivity index is 1.99. The third-order valence-corrected chi connectivity index (χ3v) is 3.79. The van der Waals surface area contributed by atoms with Crippen molar-refractivity contribution in [3.63, 3.8) is 0 Å². The van der Waals surface area contributed by atoms with E-state index in [0.29, 0.717) is 10.0 Å². The first-order valence-corrected chi connectivity index (χ1v) is 8.00. The molecular formula is C15H16ClN3O2S. The van der Waals surface area contributed by atoms with E-state index in [0.717, 1.165) is 5.56 Å². The van der Waals surface area contributed by atoms with Gasteiger partial charge in [-0.3, -0.25) is 9.59 Å². The highest BCUT2D eigenvalue weighted by Crippen LogP contribution is 2.25. The quantitative estimate of drug-likeness (QED) is 0.881. The zero-order valence-corrected chi connectivity index (χ0v) is 13.8. The highest BCUT2D eigenvalue weighted by atomic mass is 35.5. The lowest BCUT2D eigenvalue weighted by Crippen LogP contribution is -2.39. The van der Waals surface area contributed by atoms with Crippen molar-refractivity contribution >= 4 is 34.8 Å². The van der Waals surface area contributed by atoms with Gasteiger partial charge in [-0.2, -0.15) is 0 Å². The summed E-state index contributed by atoms with van der Waals surface area (Å²) in [5, 5.41) is 8.23. The standard InChI is InChI=1S/C15H16ClN3O2S/c1-9(2)18-13(20)7-17-14(21)12-8-22-15(19-12)10-4-3-5-11(16)6-10/h3-6,8-9H,7H2,1-2H3,(H,17,21)(H,18,20). The molecular weight excluding hydrogens is 322 g/mol. The number of amides is 2. The summed E-state index contributed by atoms with van der Waals surface area (Å²) in [4.78, 5) is 27.7. The van der Waals surface area contributed by atoms with E-state index in [1.807, 2.05) is 26.0 Å². The van der Waals surface area contributed by atoms with E-state index in [-0.39, 0.29) is 30.1 Å². The summed E-state index contributed by atoms with van der Waals surface area (Å²) < 4.78 is 0. The van der Waals surface area contributed by atoms with Crippen molar-refractivity contribution in [3.05, 3.63) is 40.4 Å². The van der Waals surface area contributed by atoms with Crippen molar-refractivity contribution < 1.29 is 9.59 Å². The first-order valence-electron chi connectivity index (χ1n) is 6.74. The normalized spacial score (nSPS) is 10.5. The number of hydrogen-bond acceptors (Lipinski definition) is 4. The molecule has 2 amide bonds. The number of carbonyl (C=O) groups excluding carboxylic acids is 2. The van der Waals surface area contributed by atoms with Gasteiger partial charge in [-0.15, -0.1) is 11.3 Å². The number of nitrogens with one attached hydrogen (secondary N) is 2. The third kappa shape index (κ3) is 4.54. The fraction of sp³-hybridized carbons (Fsp3) is 0.267. The van der Waals surface area contributed by atoms with E-state index in [1.165, 1.54) is 11.3 Å². The van der Waals surface area contributed by atoms with Crippen LogP contribution in [0.1, 0.15) is 24.3 Å². The van der Waals surface area contributed by atoms with Crippen molar-refractivity contribution in [2.75, 3.05) is 6.54 Å². The fourth-order valence-electron chi connectivity index (χ4n) is 1.76. The highest BCUT2D eigenvalue weighted by molar-refractivity contribution is 7.13. The average Bonchev–Trinajstić information content (AvgIpc) is 2.94. The Morgan fingerprint density at radius 2 is 2.14 bits per heavy atom. The van der Waals surface area contributed by atoms with Crippen LogP contribution in [0, 0.1) is 0 Å². The molecule has 0 aliphatic rings. The van der Waals surface area contributed by atoms with E-state index in [1.54, 1.807) is 17.5 Å². The summed E-state index contributed by atoms with van der Waals surface area (Å²) in [5.41, 5.74) is 1.14. The van der Waals surface area contributed by atoms with Crippen LogP contribution < -0.4 is 10.6 Å². The molecule has 2 rings (SSSR count). The molecule has 0 radical (unpaired) electrons. The van der Waals surface area contributed by atoms with Gasteiger partial charge < -0.3 is 10.6 Å². The maximum atomic E-state index is 12.0. The molecule has 0 atom stereocenters. The van der Waals surface area contributed by atoms with Gasteiger partial charge in [0.2, 0.25) is 5.91 Å². The molecule has 0 aliphatic carbocycles. The van der Waals surface area contributed by atoms with Crippen LogP contribution in [0.2, 0.25) is 5.02 Å². The first kappa shape index (κ1) is 16.5. The molecule has 0 bridgehead atoms. The van der Waals surface area contributed by atoms with Crippen LogP contribution in [-0.2, 0) is 4.79 Å². The Morgan fingerprint density at radius 3 is 2.82 bits per heavy atom. The second-order valence-electron chi connectivity index (χ2n) is 4.95. The van der Waals surface area contributed by atoms with Gasteiger partial charge >= 0.3 is 0 Å². The minimum Gasteiger partial charge on any atom is -0.352 e. The zero-order chi connectivity index (χ0) is 16.1. The molecule has 1 heterocycles. The van der Waals surface area contributed by atoms with Gasteiger partial charge in [0.25, 0.3) is 5.91 Å². The lowest BCUT2D eigenvalue weighted by Gasteiger charge is -2.08. The van der Waals surface area contributed by atoms with Gasteiger partial charge in [-0.25, -0.2) is 4.98 Å². The molecule has 0 saturated carbocycles. The molecule has 7 heteroatoms. The molecule has 1 aromatic heterocycles. The summed E-state index contributed by atoms with van der Waals surface area (Å²) in [5.74, 6) is -0.600. The van der Waals surface area contributed by atoms with E-state index >= 15 is 0 Å². The molecule has 0 unspecified atom stereocenters. The van der Waals surface area contributed by atoms with E-state index < -0.39 is 0 Å². The number of carbonyl (C=O) groups is 2. The minimum atomic E-state index is -0.372. The molecule has 0 aliphatic heterocycles. The molecule has 5 nitrogen and oxygen atoms in total. The van der Waals surface area contributed by atoms with Gasteiger partial charge in [0.15, 0.2) is 0 Å². The van der Waals surface area contributed by atoms with E-state index in [9.17, 15) is 9.59 Å². The largest absolute Gasteiger partial charge is 0.352 e. The maximum Gasteiger partial charge on any atom is 0.271 e. The second kappa shape index (κ2) is 7.38. The molecule has 2 aromatic rings. The molecule has 2 N–H and O–H groups in total. The average molecular weight is 338 g/mol. The number of nitrogens with zero attached hydrogens (tertiary/aromatic N) is 1. The smallest absolute Gasteiger partial charge is 0.271 e. The van der Waals surface area contributed by atoms with Crippen LogP contribution >= 0.6 is 22.9 Å². The second-order valence-corrected chi connectivity index (χ2v) is 6.25. The molecule has 116 valence electrons. The number of hydrogen-bond donors (Lipinski definition) is 2. The van der Waals surface area contributed by atoms with Crippen LogP contribution in [0.5, 0.6) is 0 Å². The summed E-state index contributed by atoms with van der Waals surface area (Å²) in [7, 11) is 0. The van der Waals surface area contributed by atoms with Crippen LogP contribution in [0.3, 0.4) is 0 Å². The monoisotopic (exact) mass is 337 g/mol. The minimum absolute atomic E-state index is 0.0399. The van der Waals surface area contributed by atoms with Crippen molar-refractivity contribution in [2.45, 2.75) is 19.9 Å². The van der Waals surface area contributed by atoms with Crippen molar-refractivity contribution in [1.29, 1.82) is 0 Å². The Labute approximate surface area is 137 Å². The van der Waals surface area contributed by atoms with Crippen LogP contribution in [0.15, 0.2) is 29.6 Å². The molecule has 1 aromatic carbocycles. The van der Waals surface area contributed by atoms with Gasteiger partial charge in [0.1, 0.15) is 10.7 Å². The Hall–Kier alpha value is -1.92. The Bertz CT molecular complexity index is 685. The number of rotatable bonds is 5. The number of thiazole rings is 1. The lowest BCUT2D eigenvalue weighted by atomic mass is 10.2. The number of benzene rings is 1. The topological polar surface area (TPSA) is 71.1 Å². The predicted octanol–water partition coefficient (Wildman–Crippen LogP) is 2.72. The molecule has 0 fully saturated rings. The van der Waals surface area contributed by atoms with Gasteiger partial charge in [-0.1, -0.05) is 23.7 Å². The lowest BCUT2D eigenvalue weighted by molar-refractivity contribution is -0.120. The van der Waals surface area contributed by atoms with E-state index in [4.69, 9.17) is 11.6 Å². The predicted molar refractivity (Wildman–Crippen MR) is 88.2 cm³/mol. The van der Waals surface area contributed by atoms with Crippen LogP contribution in [0.4, 0.5) is 0 Å². The fourth-order valence-corrected chi connectivity index (χ4v) is 2.74. The molecule has 22 heavy (non-hydrogen) atoms. The summed E-state index contributed by atoms with van der Waals surface area (Å²) in [6.45, 7) is 3.65. The number of aromatic nitrogens is 1. The first-order chi connectivity index (χ1) is 10.5.